The summed E-state index contributed by atoms with van der Waals surface area (Å²) in [4.78, 5) is 12.1. The molecule has 0 aliphatic heterocycles. The third-order valence-corrected chi connectivity index (χ3v) is 4.03. The van der Waals surface area contributed by atoms with Crippen molar-refractivity contribution in [2.45, 2.75) is 18.9 Å². The summed E-state index contributed by atoms with van der Waals surface area (Å²) in [5.41, 5.74) is 1.88. The molecule has 0 spiro atoms. The van der Waals surface area contributed by atoms with E-state index in [1.165, 1.54) is 0 Å². The Morgan fingerprint density at radius 3 is 2.24 bits per heavy atom. The number of benzene rings is 2. The molecule has 0 heterocycles. The number of hydrogen-bond acceptors (Lipinski definition) is 1. The average molecular weight is 308 g/mol. The molecule has 1 N–H and O–H groups in total. The van der Waals surface area contributed by atoms with E-state index in [1.807, 2.05) is 24.3 Å². The maximum absolute atomic E-state index is 13.7. The Morgan fingerprint density at radius 1 is 1.05 bits per heavy atom. The predicted molar refractivity (Wildman–Crippen MR) is 76.5 cm³/mol. The number of carbonyl (C=O) groups is 1. The van der Waals surface area contributed by atoms with Crippen molar-refractivity contribution in [3.8, 4) is 0 Å². The van der Waals surface area contributed by atoms with Crippen molar-refractivity contribution in [2.75, 3.05) is 0 Å². The van der Waals surface area contributed by atoms with Gasteiger partial charge in [-0.3, -0.25) is 4.79 Å². The highest BCUT2D eigenvalue weighted by Crippen LogP contribution is 2.25. The van der Waals surface area contributed by atoms with Crippen LogP contribution in [-0.4, -0.2) is 11.9 Å². The first-order valence-electron chi connectivity index (χ1n) is 6.57. The lowest BCUT2D eigenvalue weighted by atomic mass is 10.1. The highest BCUT2D eigenvalue weighted by Gasteiger charge is 2.26. The number of hydrogen-bond donors (Lipinski definition) is 1. The van der Waals surface area contributed by atoms with Gasteiger partial charge in [-0.25, -0.2) is 8.78 Å². The maximum Gasteiger partial charge on any atom is 0.256 e. The van der Waals surface area contributed by atoms with Gasteiger partial charge >= 0.3 is 0 Å². The lowest BCUT2D eigenvalue weighted by Gasteiger charge is -2.13. The average Bonchev–Trinajstić information content (AvgIpc) is 2.85. The molecule has 0 saturated heterocycles. The normalized spacial score (nSPS) is 14.0. The van der Waals surface area contributed by atoms with Gasteiger partial charge < -0.3 is 5.32 Å². The summed E-state index contributed by atoms with van der Waals surface area (Å²) in [7, 11) is 0. The van der Waals surface area contributed by atoms with Crippen molar-refractivity contribution in [2.24, 2.45) is 0 Å². The van der Waals surface area contributed by atoms with Gasteiger partial charge in [-0.1, -0.05) is 35.9 Å². The second-order valence-electron chi connectivity index (χ2n) is 5.07. The van der Waals surface area contributed by atoms with Gasteiger partial charge in [-0.15, -0.1) is 0 Å². The minimum Gasteiger partial charge on any atom is -0.348 e. The first-order chi connectivity index (χ1) is 10.1. The van der Waals surface area contributed by atoms with Gasteiger partial charge in [-0.05, 0) is 36.1 Å². The molecule has 0 atom stereocenters. The minimum atomic E-state index is -0.825. The molecule has 0 saturated carbocycles. The van der Waals surface area contributed by atoms with Crippen LogP contribution in [0.5, 0.6) is 0 Å². The fraction of sp³-hybridized carbons (Fsp3) is 0.188. The van der Waals surface area contributed by atoms with Crippen molar-refractivity contribution < 1.29 is 13.6 Å². The zero-order valence-electron chi connectivity index (χ0n) is 11.0. The smallest absolute Gasteiger partial charge is 0.256 e. The monoisotopic (exact) mass is 307 g/mol. The Labute approximate surface area is 125 Å². The van der Waals surface area contributed by atoms with Crippen LogP contribution in [0.15, 0.2) is 36.4 Å². The van der Waals surface area contributed by atoms with Crippen LogP contribution in [0.3, 0.4) is 0 Å². The molecule has 2 aromatic rings. The summed E-state index contributed by atoms with van der Waals surface area (Å²) < 4.78 is 27.1. The number of amides is 1. The lowest BCUT2D eigenvalue weighted by molar-refractivity contribution is 0.0934. The van der Waals surface area contributed by atoms with Crippen LogP contribution in [0.2, 0.25) is 5.02 Å². The second kappa shape index (κ2) is 5.45. The summed E-state index contributed by atoms with van der Waals surface area (Å²) in [6.45, 7) is 0. The Morgan fingerprint density at radius 2 is 1.62 bits per heavy atom. The molecule has 0 fully saturated rings. The quantitative estimate of drug-likeness (QED) is 0.845. The Kier molecular flexibility index (Phi) is 3.64. The molecule has 1 aliphatic carbocycles. The molecule has 5 heteroatoms. The van der Waals surface area contributed by atoms with Crippen LogP contribution in [0, 0.1) is 11.6 Å². The number of nitrogens with one attached hydrogen (secondary N) is 1. The fourth-order valence-electron chi connectivity index (χ4n) is 2.65. The number of rotatable bonds is 2. The van der Waals surface area contributed by atoms with Gasteiger partial charge in [0.05, 0.1) is 10.6 Å². The van der Waals surface area contributed by atoms with E-state index < -0.39 is 28.1 Å². The molecule has 0 radical (unpaired) electrons. The first kappa shape index (κ1) is 14.0. The molecule has 108 valence electrons. The SMILES string of the molecule is O=C(NC1Cc2ccccc2C1)c1c(F)ccc(F)c1Cl. The molecule has 2 nitrogen and oxygen atoms in total. The molecule has 1 amide bonds. The highest BCUT2D eigenvalue weighted by atomic mass is 35.5. The summed E-state index contributed by atoms with van der Waals surface area (Å²) in [6.07, 6.45) is 1.35. The molecular weight excluding hydrogens is 296 g/mol. The second-order valence-corrected chi connectivity index (χ2v) is 5.44. The number of carbonyl (C=O) groups excluding carboxylic acids is 1. The van der Waals surface area contributed by atoms with Crippen molar-refractivity contribution >= 4 is 17.5 Å². The van der Waals surface area contributed by atoms with Crippen molar-refractivity contribution in [3.63, 3.8) is 0 Å². The molecule has 1 aliphatic rings. The van der Waals surface area contributed by atoms with E-state index in [9.17, 15) is 13.6 Å². The summed E-state index contributed by atoms with van der Waals surface area (Å²) in [5.74, 6) is -2.32. The Hall–Kier alpha value is -1.94. The molecule has 0 bridgehead atoms. The molecule has 0 unspecified atom stereocenters. The van der Waals surface area contributed by atoms with E-state index in [1.54, 1.807) is 0 Å². The zero-order valence-corrected chi connectivity index (χ0v) is 11.8. The van der Waals surface area contributed by atoms with Gasteiger partial charge in [-0.2, -0.15) is 0 Å². The lowest BCUT2D eigenvalue weighted by Crippen LogP contribution is -2.36. The highest BCUT2D eigenvalue weighted by molar-refractivity contribution is 6.34. The van der Waals surface area contributed by atoms with Crippen LogP contribution in [0.4, 0.5) is 8.78 Å². The standard InChI is InChI=1S/C16H12ClF2NO/c17-15-13(19)6-5-12(18)14(15)16(21)20-11-7-9-3-1-2-4-10(9)8-11/h1-6,11H,7-8H2,(H,20,21). The van der Waals surface area contributed by atoms with Gasteiger partial charge in [0.1, 0.15) is 11.6 Å². The molecule has 0 aromatic heterocycles. The van der Waals surface area contributed by atoms with Gasteiger partial charge in [0, 0.05) is 6.04 Å². The van der Waals surface area contributed by atoms with Crippen molar-refractivity contribution in [1.82, 2.24) is 5.32 Å². The van der Waals surface area contributed by atoms with E-state index in [2.05, 4.69) is 5.32 Å². The molecular formula is C16H12ClF2NO. The van der Waals surface area contributed by atoms with E-state index in [0.717, 1.165) is 23.3 Å². The van der Waals surface area contributed by atoms with Crippen molar-refractivity contribution in [3.05, 3.63) is 69.7 Å². The van der Waals surface area contributed by atoms with E-state index in [-0.39, 0.29) is 6.04 Å². The fourth-order valence-corrected chi connectivity index (χ4v) is 2.89. The van der Waals surface area contributed by atoms with E-state index >= 15 is 0 Å². The number of fused-ring (bicyclic) bond motifs is 1. The Bertz CT molecular complexity index is 692. The van der Waals surface area contributed by atoms with Crippen molar-refractivity contribution in [1.29, 1.82) is 0 Å². The van der Waals surface area contributed by atoms with Crippen LogP contribution >= 0.6 is 11.6 Å². The van der Waals surface area contributed by atoms with Crippen LogP contribution in [0.1, 0.15) is 21.5 Å². The third kappa shape index (κ3) is 2.63. The minimum absolute atomic E-state index is 0.131. The molecule has 2 aromatic carbocycles. The molecule has 3 rings (SSSR count). The Balaban J connectivity index is 1.79. The number of halogens is 3. The molecule has 21 heavy (non-hydrogen) atoms. The van der Waals surface area contributed by atoms with Crippen LogP contribution < -0.4 is 5.32 Å². The zero-order chi connectivity index (χ0) is 15.0. The largest absolute Gasteiger partial charge is 0.348 e. The topological polar surface area (TPSA) is 29.1 Å². The van der Waals surface area contributed by atoms with Gasteiger partial charge in [0.2, 0.25) is 0 Å². The van der Waals surface area contributed by atoms with E-state index in [4.69, 9.17) is 11.6 Å². The summed E-state index contributed by atoms with van der Waals surface area (Å²) in [5, 5.41) is 2.24. The maximum atomic E-state index is 13.7. The van der Waals surface area contributed by atoms with Gasteiger partial charge in [0.25, 0.3) is 5.91 Å². The first-order valence-corrected chi connectivity index (χ1v) is 6.95. The van der Waals surface area contributed by atoms with Crippen LogP contribution in [0.25, 0.3) is 0 Å². The summed E-state index contributed by atoms with van der Waals surface area (Å²) >= 11 is 5.69. The third-order valence-electron chi connectivity index (χ3n) is 3.66. The van der Waals surface area contributed by atoms with Gasteiger partial charge in [0.15, 0.2) is 0 Å². The van der Waals surface area contributed by atoms with E-state index in [0.29, 0.717) is 12.8 Å². The van der Waals surface area contributed by atoms with Crippen LogP contribution in [-0.2, 0) is 12.8 Å². The predicted octanol–water partition coefficient (Wildman–Crippen LogP) is 3.52. The summed E-state index contributed by atoms with van der Waals surface area (Å²) in [6, 6.07) is 9.54.